The summed E-state index contributed by atoms with van der Waals surface area (Å²) < 4.78 is 98.1. The molecule has 2 atom stereocenters. The smallest absolute Gasteiger partial charge is 0.429 e. The van der Waals surface area contributed by atoms with E-state index >= 15 is 0 Å². The molecule has 3 aromatic carbocycles. The zero-order valence-electron chi connectivity index (χ0n) is 18.7. The molecule has 0 spiro atoms. The fraction of sp³-hybridized carbons (Fsp3) is 0.385. The van der Waals surface area contributed by atoms with Crippen molar-refractivity contribution in [1.82, 2.24) is 0 Å². The molecule has 34 heavy (non-hydrogen) atoms. The molecule has 1 aliphatic rings. The summed E-state index contributed by atoms with van der Waals surface area (Å²) in [6.07, 6.45) is -2.93. The van der Waals surface area contributed by atoms with Crippen LogP contribution in [0.5, 0.6) is 5.75 Å². The number of hydrogen-bond donors (Lipinski definition) is 0. The van der Waals surface area contributed by atoms with Crippen molar-refractivity contribution in [2.45, 2.75) is 51.7 Å². The van der Waals surface area contributed by atoms with Gasteiger partial charge in [-0.2, -0.15) is 8.78 Å². The highest BCUT2D eigenvalue weighted by molar-refractivity contribution is 5.85. The second-order valence-corrected chi connectivity index (χ2v) is 8.77. The number of halogens is 6. The molecule has 1 heterocycles. The van der Waals surface area contributed by atoms with Crippen molar-refractivity contribution in [2.24, 2.45) is 5.92 Å². The van der Waals surface area contributed by atoms with Gasteiger partial charge in [-0.05, 0) is 72.5 Å². The molecule has 0 bridgehead atoms. The summed E-state index contributed by atoms with van der Waals surface area (Å²) in [5.41, 5.74) is -1.49. The Hall–Kier alpha value is -2.74. The number of alkyl halides is 2. The molecule has 0 aliphatic carbocycles. The van der Waals surface area contributed by atoms with Gasteiger partial charge >= 0.3 is 6.11 Å². The topological polar surface area (TPSA) is 18.5 Å². The third kappa shape index (κ3) is 4.73. The Morgan fingerprint density at radius 3 is 2.29 bits per heavy atom. The molecule has 1 fully saturated rings. The van der Waals surface area contributed by atoms with E-state index in [0.717, 1.165) is 36.8 Å². The Labute approximate surface area is 193 Å². The summed E-state index contributed by atoms with van der Waals surface area (Å²) in [6.45, 7) is 4.17. The predicted octanol–water partition coefficient (Wildman–Crippen LogP) is 7.96. The van der Waals surface area contributed by atoms with Gasteiger partial charge in [0.2, 0.25) is 0 Å². The molecule has 2 unspecified atom stereocenters. The Bertz CT molecular complexity index is 1180. The lowest BCUT2D eigenvalue weighted by atomic mass is 9.95. The monoisotopic (exact) mass is 482 g/mol. The highest BCUT2D eigenvalue weighted by atomic mass is 19.3. The Morgan fingerprint density at radius 1 is 0.971 bits per heavy atom. The molecule has 8 heteroatoms. The number of hydrogen-bond acceptors (Lipinski definition) is 2. The molecule has 4 rings (SSSR count). The maximum atomic E-state index is 14.8. The van der Waals surface area contributed by atoms with Crippen molar-refractivity contribution < 1.29 is 35.8 Å². The van der Waals surface area contributed by atoms with Crippen molar-refractivity contribution in [1.29, 1.82) is 0 Å². The molecule has 0 N–H and O–H groups in total. The molecular formula is C26H24F6O2. The lowest BCUT2D eigenvalue weighted by Crippen LogP contribution is -2.26. The van der Waals surface area contributed by atoms with E-state index in [4.69, 9.17) is 4.74 Å². The van der Waals surface area contributed by atoms with Crippen LogP contribution in [0.15, 0.2) is 36.4 Å². The molecule has 0 aromatic heterocycles. The molecule has 0 radical (unpaired) electrons. The first-order chi connectivity index (χ1) is 16.1. The number of benzene rings is 3. The van der Waals surface area contributed by atoms with Gasteiger partial charge in [-0.15, -0.1) is 0 Å². The highest BCUT2D eigenvalue weighted by Gasteiger charge is 2.41. The van der Waals surface area contributed by atoms with E-state index in [0.29, 0.717) is 25.4 Å². The molecule has 182 valence electrons. The third-order valence-corrected chi connectivity index (χ3v) is 6.07. The van der Waals surface area contributed by atoms with Crippen LogP contribution in [0.4, 0.5) is 26.3 Å². The average Bonchev–Trinajstić information content (AvgIpc) is 2.76. The van der Waals surface area contributed by atoms with Gasteiger partial charge in [0.15, 0.2) is 0 Å². The zero-order chi connectivity index (χ0) is 24.6. The van der Waals surface area contributed by atoms with Gasteiger partial charge in [0.25, 0.3) is 0 Å². The van der Waals surface area contributed by atoms with Crippen molar-refractivity contribution >= 4 is 10.8 Å². The van der Waals surface area contributed by atoms with E-state index < -0.39 is 46.8 Å². The average molecular weight is 482 g/mol. The second-order valence-electron chi connectivity index (χ2n) is 8.77. The van der Waals surface area contributed by atoms with Gasteiger partial charge in [0, 0.05) is 17.6 Å². The Kier molecular flexibility index (Phi) is 6.80. The molecule has 2 nitrogen and oxygen atoms in total. The SMILES string of the molecule is CCCc1c(F)cc2cc(OC(F)(F)c3c(F)cc(C4CCC(C)CO4)cc3F)ccc2c1F. The standard InChI is InChI=1S/C26H24F6O2/c1-3-4-19-20(27)10-15-9-17(6-7-18(15)25(19)30)34-26(31,32)24-21(28)11-16(12-22(24)29)23-8-5-14(2)13-33-23/h6-7,9-12,14,23H,3-5,8,13H2,1-2H3. The quantitative estimate of drug-likeness (QED) is 0.332. The summed E-state index contributed by atoms with van der Waals surface area (Å²) in [4.78, 5) is 0. The molecule has 1 saturated heterocycles. The van der Waals surface area contributed by atoms with Gasteiger partial charge in [-0.25, -0.2) is 17.6 Å². The molecular weight excluding hydrogens is 458 g/mol. The van der Waals surface area contributed by atoms with E-state index in [-0.39, 0.29) is 28.3 Å². The minimum atomic E-state index is -4.37. The largest absolute Gasteiger partial charge is 0.432 e. The lowest BCUT2D eigenvalue weighted by molar-refractivity contribution is -0.189. The first kappa shape index (κ1) is 24.4. The first-order valence-corrected chi connectivity index (χ1v) is 11.2. The van der Waals surface area contributed by atoms with Crippen molar-refractivity contribution in [3.05, 3.63) is 76.4 Å². The van der Waals surface area contributed by atoms with Gasteiger partial charge < -0.3 is 9.47 Å². The van der Waals surface area contributed by atoms with E-state index in [1.54, 1.807) is 6.92 Å². The normalized spacial score (nSPS) is 18.9. The summed E-state index contributed by atoms with van der Waals surface area (Å²) in [7, 11) is 0. The van der Waals surface area contributed by atoms with Gasteiger partial charge in [0.1, 0.15) is 34.6 Å². The molecule has 3 aromatic rings. The van der Waals surface area contributed by atoms with Crippen LogP contribution in [-0.4, -0.2) is 6.61 Å². The minimum Gasteiger partial charge on any atom is -0.429 e. The summed E-state index contributed by atoms with van der Waals surface area (Å²) in [6, 6.07) is 5.91. The second kappa shape index (κ2) is 9.49. The zero-order valence-corrected chi connectivity index (χ0v) is 18.7. The van der Waals surface area contributed by atoms with Gasteiger partial charge in [-0.3, -0.25) is 0 Å². The van der Waals surface area contributed by atoms with E-state index in [2.05, 4.69) is 4.74 Å². The van der Waals surface area contributed by atoms with Crippen LogP contribution in [0.2, 0.25) is 0 Å². The maximum Gasteiger partial charge on any atom is 0.432 e. The fourth-order valence-electron chi connectivity index (χ4n) is 4.30. The van der Waals surface area contributed by atoms with Crippen LogP contribution in [0, 0.1) is 29.2 Å². The van der Waals surface area contributed by atoms with Crippen molar-refractivity contribution in [3.63, 3.8) is 0 Å². The van der Waals surface area contributed by atoms with E-state index in [9.17, 15) is 26.3 Å². The molecule has 0 saturated carbocycles. The highest BCUT2D eigenvalue weighted by Crippen LogP contribution is 2.39. The number of ether oxygens (including phenoxy) is 2. The summed E-state index contributed by atoms with van der Waals surface area (Å²) in [5.74, 6) is -4.70. The molecule has 1 aliphatic heterocycles. The van der Waals surface area contributed by atoms with Crippen molar-refractivity contribution in [3.8, 4) is 5.75 Å². The fourth-order valence-corrected chi connectivity index (χ4v) is 4.30. The van der Waals surface area contributed by atoms with Crippen LogP contribution < -0.4 is 4.74 Å². The van der Waals surface area contributed by atoms with E-state index in [1.807, 2.05) is 6.92 Å². The van der Waals surface area contributed by atoms with Crippen LogP contribution in [0.3, 0.4) is 0 Å². The van der Waals surface area contributed by atoms with Crippen LogP contribution >= 0.6 is 0 Å². The first-order valence-electron chi connectivity index (χ1n) is 11.2. The predicted molar refractivity (Wildman–Crippen MR) is 116 cm³/mol. The Balaban J connectivity index is 1.63. The van der Waals surface area contributed by atoms with Crippen molar-refractivity contribution in [2.75, 3.05) is 6.61 Å². The van der Waals surface area contributed by atoms with Gasteiger partial charge in [0.05, 0.1) is 6.10 Å². The number of rotatable bonds is 6. The molecule has 0 amide bonds. The lowest BCUT2D eigenvalue weighted by Gasteiger charge is -2.28. The summed E-state index contributed by atoms with van der Waals surface area (Å²) >= 11 is 0. The Morgan fingerprint density at radius 2 is 1.68 bits per heavy atom. The third-order valence-electron chi connectivity index (χ3n) is 6.07. The van der Waals surface area contributed by atoms with E-state index in [1.165, 1.54) is 6.07 Å². The number of fused-ring (bicyclic) bond motifs is 1. The van der Waals surface area contributed by atoms with Crippen LogP contribution in [0.1, 0.15) is 55.9 Å². The van der Waals surface area contributed by atoms with Crippen LogP contribution in [0.25, 0.3) is 10.8 Å². The van der Waals surface area contributed by atoms with Gasteiger partial charge in [-0.1, -0.05) is 20.3 Å². The summed E-state index contributed by atoms with van der Waals surface area (Å²) in [5, 5.41) is 0.0205. The minimum absolute atomic E-state index is 0.0110. The maximum absolute atomic E-state index is 14.8. The van der Waals surface area contributed by atoms with Crippen LogP contribution in [-0.2, 0) is 17.3 Å².